The molecule has 0 atom stereocenters. The molecule has 8 aromatic carbocycles. The van der Waals surface area contributed by atoms with E-state index in [1.165, 1.54) is 64.7 Å². The highest BCUT2D eigenvalue weighted by atomic mass is 32.1. The maximum Gasteiger partial charge on any atom is 0.0713 e. The lowest BCUT2D eigenvalue weighted by molar-refractivity contribution is 0.770. The molecule has 1 heterocycles. The van der Waals surface area contributed by atoms with Crippen molar-refractivity contribution in [1.29, 1.82) is 0 Å². The fourth-order valence-corrected chi connectivity index (χ4v) is 9.59. The Morgan fingerprint density at radius 2 is 0.902 bits per heavy atom. The monoisotopic (exact) mass is 667 g/mol. The van der Waals surface area contributed by atoms with E-state index in [0.29, 0.717) is 0 Å². The van der Waals surface area contributed by atoms with Gasteiger partial charge in [0.05, 0.1) is 11.1 Å². The molecule has 0 N–H and O–H groups in total. The normalized spacial score (nSPS) is 12.9. The Labute approximate surface area is 302 Å². The smallest absolute Gasteiger partial charge is 0.0713 e. The summed E-state index contributed by atoms with van der Waals surface area (Å²) in [6.45, 7) is 0. The maximum atomic E-state index is 2.50. The topological polar surface area (TPSA) is 3.24 Å². The van der Waals surface area contributed by atoms with Crippen molar-refractivity contribution in [3.05, 3.63) is 222 Å². The van der Waals surface area contributed by atoms with Crippen LogP contribution in [0.3, 0.4) is 0 Å². The van der Waals surface area contributed by atoms with E-state index in [4.69, 9.17) is 0 Å². The van der Waals surface area contributed by atoms with Crippen LogP contribution in [0.1, 0.15) is 22.3 Å². The van der Waals surface area contributed by atoms with Crippen molar-refractivity contribution in [3.63, 3.8) is 0 Å². The summed E-state index contributed by atoms with van der Waals surface area (Å²) in [6.07, 6.45) is 0. The van der Waals surface area contributed by atoms with Crippen molar-refractivity contribution in [2.45, 2.75) is 5.41 Å². The second-order valence-corrected chi connectivity index (χ2v) is 14.3. The van der Waals surface area contributed by atoms with E-state index in [1.807, 2.05) is 11.3 Å². The van der Waals surface area contributed by atoms with Crippen LogP contribution < -0.4 is 4.90 Å². The molecule has 1 aliphatic carbocycles. The molecule has 0 radical (unpaired) electrons. The van der Waals surface area contributed by atoms with Crippen LogP contribution in [0.25, 0.3) is 42.4 Å². The SMILES string of the molecule is c1ccc(N(c2ccccc2)c2ccccc2-c2cccc3sc4ccc(C5(c6ccccc6)c6ccccc6-c6ccccc65)cc4c23)cc1. The van der Waals surface area contributed by atoms with E-state index in [0.717, 1.165) is 17.1 Å². The number of nitrogens with zero attached hydrogens (tertiary/aromatic N) is 1. The number of hydrogen-bond acceptors (Lipinski definition) is 2. The van der Waals surface area contributed by atoms with Gasteiger partial charge in [-0.05, 0) is 87.5 Å². The number of benzene rings is 8. The van der Waals surface area contributed by atoms with E-state index < -0.39 is 5.41 Å². The Kier molecular flexibility index (Phi) is 6.97. The zero-order valence-corrected chi connectivity index (χ0v) is 28.7. The average molecular weight is 668 g/mol. The molecule has 51 heavy (non-hydrogen) atoms. The lowest BCUT2D eigenvalue weighted by Crippen LogP contribution is -2.28. The minimum Gasteiger partial charge on any atom is -0.310 e. The van der Waals surface area contributed by atoms with Gasteiger partial charge in [0.15, 0.2) is 0 Å². The summed E-state index contributed by atoms with van der Waals surface area (Å²) in [4.78, 5) is 2.38. The van der Waals surface area contributed by atoms with Crippen molar-refractivity contribution >= 4 is 48.6 Å². The lowest BCUT2D eigenvalue weighted by Gasteiger charge is -2.34. The molecule has 0 bridgehead atoms. The van der Waals surface area contributed by atoms with E-state index in [2.05, 4.69) is 205 Å². The summed E-state index contributed by atoms with van der Waals surface area (Å²) in [7, 11) is 0. The van der Waals surface area contributed by atoms with Gasteiger partial charge < -0.3 is 4.90 Å². The predicted octanol–water partition coefficient (Wildman–Crippen LogP) is 13.6. The van der Waals surface area contributed by atoms with Gasteiger partial charge in [-0.3, -0.25) is 0 Å². The van der Waals surface area contributed by atoms with E-state index in [9.17, 15) is 0 Å². The molecule has 240 valence electrons. The Balaban J connectivity index is 1.25. The highest BCUT2D eigenvalue weighted by Gasteiger charge is 2.46. The number of thiophene rings is 1. The molecule has 0 fully saturated rings. The van der Waals surface area contributed by atoms with Crippen LogP contribution in [0.15, 0.2) is 200 Å². The number of hydrogen-bond donors (Lipinski definition) is 0. The third-order valence-corrected chi connectivity index (χ3v) is 11.7. The Hall–Kier alpha value is -6.22. The van der Waals surface area contributed by atoms with Gasteiger partial charge >= 0.3 is 0 Å². The van der Waals surface area contributed by atoms with Gasteiger partial charge in [-0.1, -0.05) is 152 Å². The van der Waals surface area contributed by atoms with E-state index >= 15 is 0 Å². The average Bonchev–Trinajstić information content (AvgIpc) is 3.73. The molecule has 2 heteroatoms. The van der Waals surface area contributed by atoms with E-state index in [-0.39, 0.29) is 0 Å². The molecule has 0 saturated heterocycles. The largest absolute Gasteiger partial charge is 0.310 e. The molecule has 0 unspecified atom stereocenters. The molecule has 0 spiro atoms. The summed E-state index contributed by atoms with van der Waals surface area (Å²) >= 11 is 1.88. The van der Waals surface area contributed by atoms with Crippen molar-refractivity contribution in [2.24, 2.45) is 0 Å². The molecule has 10 rings (SSSR count). The van der Waals surface area contributed by atoms with Crippen LogP contribution in [0.5, 0.6) is 0 Å². The second kappa shape index (κ2) is 12.0. The zero-order valence-electron chi connectivity index (χ0n) is 27.9. The second-order valence-electron chi connectivity index (χ2n) is 13.2. The van der Waals surface area contributed by atoms with Gasteiger partial charge in [0.2, 0.25) is 0 Å². The van der Waals surface area contributed by atoms with Crippen molar-refractivity contribution in [1.82, 2.24) is 0 Å². The number of rotatable bonds is 6. The van der Waals surface area contributed by atoms with Gasteiger partial charge in [0.25, 0.3) is 0 Å². The molecule has 1 nitrogen and oxygen atoms in total. The van der Waals surface area contributed by atoms with Gasteiger partial charge in [-0.15, -0.1) is 11.3 Å². The summed E-state index contributed by atoms with van der Waals surface area (Å²) in [5.41, 5.74) is 13.3. The first-order chi connectivity index (χ1) is 25.3. The molecule has 1 aromatic heterocycles. The zero-order chi connectivity index (χ0) is 33.8. The third-order valence-electron chi connectivity index (χ3n) is 10.6. The fourth-order valence-electron chi connectivity index (χ4n) is 8.47. The van der Waals surface area contributed by atoms with Gasteiger partial charge in [0.1, 0.15) is 0 Å². The molecular formula is C49H33NS. The summed E-state index contributed by atoms with van der Waals surface area (Å²) in [5.74, 6) is 0. The molecular weight excluding hydrogens is 635 g/mol. The van der Waals surface area contributed by atoms with Gasteiger partial charge in [0, 0.05) is 37.1 Å². The highest BCUT2D eigenvalue weighted by Crippen LogP contribution is 2.57. The summed E-state index contributed by atoms with van der Waals surface area (Å²) in [6, 6.07) is 73.4. The highest BCUT2D eigenvalue weighted by molar-refractivity contribution is 7.25. The fraction of sp³-hybridized carbons (Fsp3) is 0.0204. The molecule has 0 amide bonds. The van der Waals surface area contributed by atoms with Crippen molar-refractivity contribution in [3.8, 4) is 22.3 Å². The van der Waals surface area contributed by atoms with Gasteiger partial charge in [-0.2, -0.15) is 0 Å². The Morgan fingerprint density at radius 3 is 1.55 bits per heavy atom. The van der Waals surface area contributed by atoms with Crippen LogP contribution in [0.2, 0.25) is 0 Å². The first kappa shape index (κ1) is 29.7. The molecule has 0 saturated carbocycles. The quantitative estimate of drug-likeness (QED) is 0.171. The minimum absolute atomic E-state index is 0.443. The molecule has 0 aliphatic heterocycles. The molecule has 9 aromatic rings. The molecule has 1 aliphatic rings. The third kappa shape index (κ3) is 4.54. The van der Waals surface area contributed by atoms with Crippen LogP contribution in [-0.4, -0.2) is 0 Å². The Morgan fingerprint density at radius 1 is 0.373 bits per heavy atom. The van der Waals surface area contributed by atoms with Crippen molar-refractivity contribution < 1.29 is 0 Å². The first-order valence-electron chi connectivity index (χ1n) is 17.5. The maximum absolute atomic E-state index is 2.50. The van der Waals surface area contributed by atoms with Crippen LogP contribution in [-0.2, 0) is 5.41 Å². The standard InChI is InChI=1S/C49H33NS/c1-4-17-34(18-5-1)49(43-27-13-10-23-38(43)39-24-11-14-28-44(39)49)35-31-32-46-42(33-35)48-41(26-16-30-47(48)51-46)40-25-12-15-29-45(40)50(36-19-6-2-7-20-36)37-21-8-3-9-22-37/h1-33H. The van der Waals surface area contributed by atoms with Crippen LogP contribution in [0, 0.1) is 0 Å². The van der Waals surface area contributed by atoms with Crippen LogP contribution in [0.4, 0.5) is 17.1 Å². The lowest BCUT2D eigenvalue weighted by atomic mass is 9.67. The van der Waals surface area contributed by atoms with E-state index in [1.54, 1.807) is 0 Å². The van der Waals surface area contributed by atoms with Gasteiger partial charge in [-0.25, -0.2) is 0 Å². The predicted molar refractivity (Wildman–Crippen MR) is 217 cm³/mol. The number of para-hydroxylation sites is 3. The first-order valence-corrected chi connectivity index (χ1v) is 18.3. The number of anilines is 3. The minimum atomic E-state index is -0.443. The summed E-state index contributed by atoms with van der Waals surface area (Å²) < 4.78 is 2.59. The van der Waals surface area contributed by atoms with Crippen LogP contribution >= 0.6 is 11.3 Å². The summed E-state index contributed by atoms with van der Waals surface area (Å²) in [5, 5.41) is 2.59. The Bertz CT molecular complexity index is 2610. The number of fused-ring (bicyclic) bond motifs is 6. The van der Waals surface area contributed by atoms with Crippen molar-refractivity contribution in [2.75, 3.05) is 4.90 Å².